The molecular formula is C56H86N8O8S2. The van der Waals surface area contributed by atoms with Crippen LogP contribution < -0.4 is 29.6 Å². The molecule has 0 aliphatic heterocycles. The van der Waals surface area contributed by atoms with E-state index >= 15 is 0 Å². The Labute approximate surface area is 442 Å². The zero-order valence-corrected chi connectivity index (χ0v) is 46.9. The number of unbranched alkanes of at least 4 members (excludes halogenated alkanes) is 18. The predicted molar refractivity (Wildman–Crippen MR) is 301 cm³/mol. The molecule has 410 valence electrons. The second-order valence-electron chi connectivity index (χ2n) is 20.8. The molecule has 0 aliphatic rings. The number of nitrogens with one attached hydrogen (secondary N) is 5. The minimum atomic E-state index is -3.47. The highest BCUT2D eigenvalue weighted by atomic mass is 32.2. The fraction of sp³-hybridized carbons (Fsp3) is 0.589. The van der Waals surface area contributed by atoms with Crippen molar-refractivity contribution >= 4 is 54.4 Å². The van der Waals surface area contributed by atoms with Crippen LogP contribution in [0.15, 0.2) is 72.8 Å². The number of nitrogens with zero attached hydrogens (tertiary/aromatic N) is 3. The molecule has 0 bridgehead atoms. The predicted octanol–water partition coefficient (Wildman–Crippen LogP) is 13.6. The van der Waals surface area contributed by atoms with Gasteiger partial charge in [-0.15, -0.1) is 9.73 Å². The number of anilines is 4. The van der Waals surface area contributed by atoms with Gasteiger partial charge in [0.05, 0.1) is 18.2 Å². The Morgan fingerprint density at radius 3 is 1.55 bits per heavy atom. The summed E-state index contributed by atoms with van der Waals surface area (Å²) in [4.78, 5) is 17.8. The van der Waals surface area contributed by atoms with E-state index in [2.05, 4.69) is 59.7 Å². The number of hydrogen-bond donors (Lipinski definition) is 5. The van der Waals surface area contributed by atoms with Crippen molar-refractivity contribution in [1.29, 1.82) is 0 Å². The largest absolute Gasteiger partial charge is 0.481 e. The van der Waals surface area contributed by atoms with E-state index < -0.39 is 32.4 Å². The van der Waals surface area contributed by atoms with Crippen LogP contribution in [0.2, 0.25) is 0 Å². The van der Waals surface area contributed by atoms with Gasteiger partial charge in [0.1, 0.15) is 18.2 Å². The lowest BCUT2D eigenvalue weighted by atomic mass is 9.93. The Bertz CT molecular complexity index is 2620. The van der Waals surface area contributed by atoms with Gasteiger partial charge in [-0.25, -0.2) is 16.8 Å². The third-order valence-electron chi connectivity index (χ3n) is 12.7. The molecule has 2 heterocycles. The third kappa shape index (κ3) is 22.6. The Morgan fingerprint density at radius 2 is 1.07 bits per heavy atom. The number of aromatic amines is 1. The molecule has 0 radical (unpaired) electrons. The van der Waals surface area contributed by atoms with Gasteiger partial charge in [-0.2, -0.15) is 5.10 Å². The van der Waals surface area contributed by atoms with Gasteiger partial charge in [-0.3, -0.25) is 14.2 Å². The van der Waals surface area contributed by atoms with Gasteiger partial charge in [0.15, 0.2) is 17.6 Å². The Kier molecular flexibility index (Phi) is 24.4. The number of rotatable bonds is 37. The maximum Gasteiger partial charge on any atom is 0.265 e. The monoisotopic (exact) mass is 1060 g/mol. The van der Waals surface area contributed by atoms with Gasteiger partial charge in [-0.05, 0) is 86.0 Å². The quantitative estimate of drug-likeness (QED) is 0.0187. The number of aromatic nitrogens is 4. The highest BCUT2D eigenvalue weighted by Crippen LogP contribution is 2.30. The smallest absolute Gasteiger partial charge is 0.265 e. The standard InChI is InChI=1S/C56H86N8O8S2/c1-8-10-12-14-16-18-20-22-24-26-28-50(71-48-34-30-44(31-35-48)62-73(6,66)67)55(65)58-47-39-43(54-59-52-41-51(56(3,4)5)60-64(52)61-54)38-46(40-47)57-42-70-53(29-27-25-23-21-19-17-15-13-11-9-2)72-49-36-32-45(33-37-49)63-74(7,68)69/h30-41,50,53,57,62-63H,8-29,42H2,1-7H3,(H,58,65)(H,59,61). The Morgan fingerprint density at radius 1 is 0.595 bits per heavy atom. The molecule has 5 aromatic rings. The molecule has 2 aromatic heterocycles. The number of amides is 1. The van der Waals surface area contributed by atoms with Crippen LogP contribution in [0.25, 0.3) is 17.0 Å². The number of benzene rings is 3. The summed E-state index contributed by atoms with van der Waals surface area (Å²) in [5.74, 6) is 1.20. The summed E-state index contributed by atoms with van der Waals surface area (Å²) in [6.07, 6.45) is 25.4. The average Bonchev–Trinajstić information content (AvgIpc) is 3.94. The number of carbonyl (C=O) groups excluding carboxylic acids is 1. The van der Waals surface area contributed by atoms with E-state index in [0.29, 0.717) is 58.5 Å². The fourth-order valence-electron chi connectivity index (χ4n) is 8.63. The van der Waals surface area contributed by atoms with E-state index in [1.807, 2.05) is 24.3 Å². The van der Waals surface area contributed by atoms with Crippen molar-refractivity contribution < 1.29 is 35.8 Å². The Balaban J connectivity index is 1.33. The number of hydrogen-bond acceptors (Lipinski definition) is 11. The second-order valence-corrected chi connectivity index (χ2v) is 24.3. The van der Waals surface area contributed by atoms with Gasteiger partial charge >= 0.3 is 0 Å². The van der Waals surface area contributed by atoms with Crippen LogP contribution in [0.4, 0.5) is 22.7 Å². The Hall–Kier alpha value is -5.33. The molecule has 3 aromatic carbocycles. The maximum atomic E-state index is 14.4. The number of sulfonamides is 2. The van der Waals surface area contributed by atoms with E-state index in [4.69, 9.17) is 24.4 Å². The summed E-state index contributed by atoms with van der Waals surface area (Å²) in [5.41, 5.74) is 4.13. The molecule has 16 nitrogen and oxygen atoms in total. The van der Waals surface area contributed by atoms with Crippen molar-refractivity contribution in [1.82, 2.24) is 19.8 Å². The molecule has 0 spiro atoms. The van der Waals surface area contributed by atoms with Crippen LogP contribution >= 0.6 is 0 Å². The SMILES string of the molecule is CCCCCCCCCCCCC(OCNc1cc(NC(=O)C(CCCCCCCCCCCC)Oc2ccc(NS(C)(=O)=O)cc2)cc(-c2nn3nc(C(C)(C)C)cc3[nH]2)c1)Oc1ccc(NS(C)(=O)=O)cc1. The minimum absolute atomic E-state index is 0.0675. The summed E-state index contributed by atoms with van der Waals surface area (Å²) in [5, 5.41) is 16.1. The molecule has 2 atom stereocenters. The van der Waals surface area contributed by atoms with E-state index in [9.17, 15) is 21.6 Å². The first-order valence-electron chi connectivity index (χ1n) is 27.1. The molecule has 0 saturated heterocycles. The van der Waals surface area contributed by atoms with E-state index in [0.717, 1.165) is 68.8 Å². The lowest BCUT2D eigenvalue weighted by molar-refractivity contribution is -0.123. The normalized spacial score (nSPS) is 12.9. The lowest BCUT2D eigenvalue weighted by Gasteiger charge is -2.21. The second kappa shape index (κ2) is 30.3. The van der Waals surface area contributed by atoms with Crippen LogP contribution in [0, 0.1) is 0 Å². The summed E-state index contributed by atoms with van der Waals surface area (Å²) < 4.78 is 73.1. The van der Waals surface area contributed by atoms with Gasteiger partial charge in [-0.1, -0.05) is 150 Å². The van der Waals surface area contributed by atoms with E-state index in [1.165, 1.54) is 83.5 Å². The average molecular weight is 1060 g/mol. The van der Waals surface area contributed by atoms with Crippen LogP contribution in [0.1, 0.15) is 182 Å². The molecule has 74 heavy (non-hydrogen) atoms. The minimum Gasteiger partial charge on any atom is -0.481 e. The molecule has 5 N–H and O–H groups in total. The molecule has 0 aliphatic carbocycles. The summed E-state index contributed by atoms with van der Waals surface area (Å²) in [7, 11) is -6.91. The van der Waals surface area contributed by atoms with Gasteiger partial charge < -0.3 is 29.8 Å². The summed E-state index contributed by atoms with van der Waals surface area (Å²) in [6, 6.07) is 20.9. The van der Waals surface area contributed by atoms with Gasteiger partial charge in [0, 0.05) is 46.2 Å². The molecule has 2 unspecified atom stereocenters. The first kappa shape index (κ1) is 59.5. The number of carbonyl (C=O) groups is 1. The lowest BCUT2D eigenvalue weighted by Crippen LogP contribution is -2.33. The first-order chi connectivity index (χ1) is 35.4. The summed E-state index contributed by atoms with van der Waals surface area (Å²) >= 11 is 0. The molecule has 18 heteroatoms. The van der Waals surface area contributed by atoms with Crippen molar-refractivity contribution in [3.05, 3.63) is 78.5 Å². The van der Waals surface area contributed by atoms with Crippen molar-refractivity contribution in [3.63, 3.8) is 0 Å². The molecular weight excluding hydrogens is 977 g/mol. The topological polar surface area (TPSA) is 207 Å². The zero-order valence-electron chi connectivity index (χ0n) is 45.3. The zero-order chi connectivity index (χ0) is 53.4. The maximum absolute atomic E-state index is 14.4. The molecule has 0 fully saturated rings. The molecule has 5 rings (SSSR count). The van der Waals surface area contributed by atoms with E-state index in [-0.39, 0.29) is 18.1 Å². The van der Waals surface area contributed by atoms with Crippen molar-refractivity contribution in [2.24, 2.45) is 0 Å². The van der Waals surface area contributed by atoms with Gasteiger partial charge in [0.25, 0.3) is 5.91 Å². The van der Waals surface area contributed by atoms with Crippen LogP contribution in [-0.4, -0.2) is 74.2 Å². The molecule has 1 amide bonds. The highest BCUT2D eigenvalue weighted by molar-refractivity contribution is 7.92. The van der Waals surface area contributed by atoms with Crippen LogP contribution in [0.3, 0.4) is 0 Å². The van der Waals surface area contributed by atoms with Gasteiger partial charge in [0.2, 0.25) is 26.3 Å². The fourth-order valence-corrected chi connectivity index (χ4v) is 9.76. The molecule has 0 saturated carbocycles. The summed E-state index contributed by atoms with van der Waals surface area (Å²) in [6.45, 7) is 10.8. The number of ether oxygens (including phenoxy) is 3. The first-order valence-corrected chi connectivity index (χ1v) is 30.9. The van der Waals surface area contributed by atoms with Crippen LogP contribution in [-0.2, 0) is 35.0 Å². The van der Waals surface area contributed by atoms with Crippen LogP contribution in [0.5, 0.6) is 11.5 Å². The van der Waals surface area contributed by atoms with Crippen molar-refractivity contribution in [2.45, 2.75) is 194 Å². The van der Waals surface area contributed by atoms with Crippen molar-refractivity contribution in [2.75, 3.05) is 39.3 Å². The number of H-pyrrole nitrogens is 1. The van der Waals surface area contributed by atoms with Crippen molar-refractivity contribution in [3.8, 4) is 22.9 Å². The highest BCUT2D eigenvalue weighted by Gasteiger charge is 2.23. The third-order valence-corrected chi connectivity index (χ3v) is 13.9. The van der Waals surface area contributed by atoms with E-state index in [1.54, 1.807) is 53.2 Å². The number of fused-ring (bicyclic) bond motifs is 1.